The Morgan fingerprint density at radius 2 is 2.15 bits per heavy atom. The van der Waals surface area contributed by atoms with Gasteiger partial charge in [0.1, 0.15) is 12.7 Å². The number of aliphatic hydroxyl groups is 1. The second kappa shape index (κ2) is 8.27. The number of ether oxygens (including phenoxy) is 2. The first-order valence-electron chi connectivity index (χ1n) is 8.68. The van der Waals surface area contributed by atoms with Crippen molar-refractivity contribution in [3.05, 3.63) is 35.2 Å². The maximum atomic E-state index is 12.7. The molecule has 2 heterocycles. The minimum absolute atomic E-state index is 0.00924. The molecule has 0 saturated heterocycles. The summed E-state index contributed by atoms with van der Waals surface area (Å²) in [5, 5.41) is 10.6. The van der Waals surface area contributed by atoms with Crippen molar-refractivity contribution in [1.29, 1.82) is 0 Å². The summed E-state index contributed by atoms with van der Waals surface area (Å²) in [5.74, 6) is -1.38. The highest BCUT2D eigenvalue weighted by atomic mass is 35.5. The van der Waals surface area contributed by atoms with E-state index in [9.17, 15) is 14.7 Å². The first-order valence-corrected chi connectivity index (χ1v) is 9.21. The quantitative estimate of drug-likeness (QED) is 0.482. The van der Waals surface area contributed by atoms with Gasteiger partial charge in [-0.15, -0.1) is 11.6 Å². The summed E-state index contributed by atoms with van der Waals surface area (Å²) in [4.78, 5) is 25.1. The second-order valence-electron chi connectivity index (χ2n) is 6.85. The smallest absolute Gasteiger partial charge is 0.338 e. The molecular formula is C19H26ClNO5. The Hall–Kier alpha value is -1.79. The molecule has 0 spiro atoms. The fourth-order valence-corrected chi connectivity index (χ4v) is 3.24. The number of aryl methyl sites for hydroxylation is 1. The standard InChI is InChI=1S/C19H26ClNO5/c1-5-13-10-12(2)19(3,24)18(23)25-11-14-7-9-21(4)16(14)15(6-8-20)26-17(13)22/h5,7,9,12,15,24H,6,8,10-11H2,1-4H3/b13-5-/t12-,15?,19+/m0/s1. The second-order valence-corrected chi connectivity index (χ2v) is 7.23. The molecule has 0 amide bonds. The molecule has 1 aromatic rings. The maximum absolute atomic E-state index is 12.7. The largest absolute Gasteiger partial charge is 0.459 e. The lowest BCUT2D eigenvalue weighted by Crippen LogP contribution is -2.43. The van der Waals surface area contributed by atoms with Crippen LogP contribution in [0.3, 0.4) is 0 Å². The van der Waals surface area contributed by atoms with Gasteiger partial charge in [0.25, 0.3) is 0 Å². The van der Waals surface area contributed by atoms with E-state index in [0.29, 0.717) is 17.9 Å². The number of halogens is 1. The fourth-order valence-electron chi connectivity index (χ4n) is 3.04. The molecule has 1 aliphatic heterocycles. The van der Waals surface area contributed by atoms with E-state index in [-0.39, 0.29) is 13.0 Å². The van der Waals surface area contributed by atoms with E-state index < -0.39 is 29.6 Å². The van der Waals surface area contributed by atoms with E-state index in [1.54, 1.807) is 26.0 Å². The van der Waals surface area contributed by atoms with Crippen LogP contribution in [0.1, 0.15) is 51.0 Å². The lowest BCUT2D eigenvalue weighted by atomic mass is 9.85. The van der Waals surface area contributed by atoms with Crippen molar-refractivity contribution < 1.29 is 24.2 Å². The molecule has 6 nitrogen and oxygen atoms in total. The van der Waals surface area contributed by atoms with Gasteiger partial charge in [-0.3, -0.25) is 0 Å². The van der Waals surface area contributed by atoms with Crippen LogP contribution in [0.15, 0.2) is 23.9 Å². The van der Waals surface area contributed by atoms with E-state index in [1.165, 1.54) is 6.92 Å². The number of aromatic nitrogens is 1. The summed E-state index contributed by atoms with van der Waals surface area (Å²) in [7, 11) is 1.83. The Bertz CT molecular complexity index is 707. The van der Waals surface area contributed by atoms with Gasteiger partial charge in [-0.25, -0.2) is 9.59 Å². The molecule has 0 aromatic carbocycles. The summed E-state index contributed by atoms with van der Waals surface area (Å²) in [6, 6.07) is 1.80. The van der Waals surface area contributed by atoms with Crippen LogP contribution in [0.4, 0.5) is 0 Å². The van der Waals surface area contributed by atoms with E-state index in [2.05, 4.69) is 0 Å². The van der Waals surface area contributed by atoms with Gasteiger partial charge in [0.2, 0.25) is 0 Å². The third kappa shape index (κ3) is 4.13. The number of esters is 2. The number of fused-ring (bicyclic) bond motifs is 1. The number of carbonyl (C=O) groups is 2. The van der Waals surface area contributed by atoms with Gasteiger partial charge < -0.3 is 19.1 Å². The highest BCUT2D eigenvalue weighted by Gasteiger charge is 2.40. The van der Waals surface area contributed by atoms with E-state index >= 15 is 0 Å². The zero-order chi connectivity index (χ0) is 19.5. The topological polar surface area (TPSA) is 77.8 Å². The van der Waals surface area contributed by atoms with Gasteiger partial charge in [0.15, 0.2) is 5.60 Å². The third-order valence-electron chi connectivity index (χ3n) is 5.00. The van der Waals surface area contributed by atoms with E-state index in [0.717, 1.165) is 11.3 Å². The molecule has 3 atom stereocenters. The lowest BCUT2D eigenvalue weighted by Gasteiger charge is -2.30. The van der Waals surface area contributed by atoms with Crippen LogP contribution in [-0.2, 0) is 32.7 Å². The Labute approximate surface area is 158 Å². The van der Waals surface area contributed by atoms with Crippen molar-refractivity contribution >= 4 is 23.5 Å². The number of rotatable bonds is 2. The van der Waals surface area contributed by atoms with Gasteiger partial charge in [-0.1, -0.05) is 13.0 Å². The van der Waals surface area contributed by atoms with Crippen LogP contribution < -0.4 is 0 Å². The van der Waals surface area contributed by atoms with Crippen molar-refractivity contribution in [1.82, 2.24) is 4.57 Å². The Balaban J connectivity index is 2.49. The zero-order valence-corrected chi connectivity index (χ0v) is 16.4. The molecule has 1 aliphatic rings. The Kier molecular flexibility index (Phi) is 6.53. The fraction of sp³-hybridized carbons (Fsp3) is 0.579. The highest BCUT2D eigenvalue weighted by Crippen LogP contribution is 2.32. The van der Waals surface area contributed by atoms with Crippen LogP contribution in [-0.4, -0.2) is 33.1 Å². The Morgan fingerprint density at radius 3 is 2.77 bits per heavy atom. The van der Waals surface area contributed by atoms with Crippen molar-refractivity contribution in [2.75, 3.05) is 5.88 Å². The van der Waals surface area contributed by atoms with Crippen molar-refractivity contribution in [3.63, 3.8) is 0 Å². The number of hydrogen-bond donors (Lipinski definition) is 1. The maximum Gasteiger partial charge on any atom is 0.338 e. The predicted molar refractivity (Wildman–Crippen MR) is 97.5 cm³/mol. The molecule has 0 aliphatic carbocycles. The molecule has 0 saturated carbocycles. The highest BCUT2D eigenvalue weighted by molar-refractivity contribution is 6.17. The van der Waals surface area contributed by atoms with Crippen LogP contribution >= 0.6 is 11.6 Å². The minimum atomic E-state index is -1.71. The van der Waals surface area contributed by atoms with Crippen molar-refractivity contribution in [3.8, 4) is 0 Å². The van der Waals surface area contributed by atoms with Gasteiger partial charge in [0.05, 0.1) is 5.69 Å². The van der Waals surface area contributed by atoms with Crippen LogP contribution in [0.25, 0.3) is 0 Å². The summed E-state index contributed by atoms with van der Waals surface area (Å²) >= 11 is 5.91. The number of hydrogen-bond acceptors (Lipinski definition) is 5. The molecule has 0 bridgehead atoms. The summed E-state index contributed by atoms with van der Waals surface area (Å²) in [6.07, 6.45) is 3.56. The van der Waals surface area contributed by atoms with Gasteiger partial charge >= 0.3 is 11.9 Å². The summed E-state index contributed by atoms with van der Waals surface area (Å²) in [6.45, 7) is 4.83. The monoisotopic (exact) mass is 383 g/mol. The number of nitrogens with zero attached hydrogens (tertiary/aromatic N) is 1. The number of alkyl halides is 1. The average molecular weight is 384 g/mol. The van der Waals surface area contributed by atoms with Crippen LogP contribution in [0.2, 0.25) is 0 Å². The summed E-state index contributed by atoms with van der Waals surface area (Å²) < 4.78 is 12.9. The van der Waals surface area contributed by atoms with E-state index in [4.69, 9.17) is 21.1 Å². The number of carbonyl (C=O) groups excluding carboxylic acids is 2. The number of allylic oxidation sites excluding steroid dienone is 1. The molecular weight excluding hydrogens is 358 g/mol. The molecule has 2 rings (SSSR count). The molecule has 1 unspecified atom stereocenters. The third-order valence-corrected chi connectivity index (χ3v) is 5.22. The molecule has 0 fully saturated rings. The zero-order valence-electron chi connectivity index (χ0n) is 15.6. The summed E-state index contributed by atoms with van der Waals surface area (Å²) in [5.41, 5.74) is 0.143. The van der Waals surface area contributed by atoms with Crippen LogP contribution in [0.5, 0.6) is 0 Å². The predicted octanol–water partition coefficient (Wildman–Crippen LogP) is 3.02. The molecule has 7 heteroatoms. The SMILES string of the molecule is C/C=C1/C[C@H](C)[C@@](C)(O)C(=O)OCc2ccn(C)c2C(CCCl)OC1=O. The van der Waals surface area contributed by atoms with Crippen LogP contribution in [0, 0.1) is 5.92 Å². The van der Waals surface area contributed by atoms with Crippen molar-refractivity contribution in [2.24, 2.45) is 13.0 Å². The van der Waals surface area contributed by atoms with Gasteiger partial charge in [0, 0.05) is 36.7 Å². The first kappa shape index (κ1) is 20.5. The van der Waals surface area contributed by atoms with Gasteiger partial charge in [-0.05, 0) is 32.3 Å². The van der Waals surface area contributed by atoms with E-state index in [1.807, 2.05) is 17.8 Å². The molecule has 1 aromatic heterocycles. The lowest BCUT2D eigenvalue weighted by molar-refractivity contribution is -0.171. The Morgan fingerprint density at radius 1 is 1.46 bits per heavy atom. The normalized spacial score (nSPS) is 29.4. The number of cyclic esters (lactones) is 2. The minimum Gasteiger partial charge on any atom is -0.459 e. The molecule has 26 heavy (non-hydrogen) atoms. The molecule has 0 radical (unpaired) electrons. The first-order chi connectivity index (χ1) is 12.2. The molecule has 1 N–H and O–H groups in total. The molecule has 144 valence electrons. The van der Waals surface area contributed by atoms with Gasteiger partial charge in [-0.2, -0.15) is 0 Å². The van der Waals surface area contributed by atoms with Crippen molar-refractivity contribution in [2.45, 2.75) is 51.9 Å². The average Bonchev–Trinajstić information content (AvgIpc) is 2.96.